The molecule has 1 aromatic heterocycles. The van der Waals surface area contributed by atoms with Crippen LogP contribution in [0.5, 0.6) is 0 Å². The largest absolute Gasteiger partial charge is 0.344 e. The highest BCUT2D eigenvalue weighted by Gasteiger charge is 2.46. The Balaban J connectivity index is 1.54. The lowest BCUT2D eigenvalue weighted by atomic mass is 9.77. The van der Waals surface area contributed by atoms with Gasteiger partial charge in [-0.2, -0.15) is 0 Å². The molecule has 2 amide bonds. The van der Waals surface area contributed by atoms with Gasteiger partial charge in [0.2, 0.25) is 0 Å². The van der Waals surface area contributed by atoms with Crippen molar-refractivity contribution in [1.82, 2.24) is 20.2 Å². The van der Waals surface area contributed by atoms with Crippen LogP contribution < -0.4 is 0 Å². The molecular formula is C13H18N4O2S. The van der Waals surface area contributed by atoms with Gasteiger partial charge in [0.15, 0.2) is 0 Å². The van der Waals surface area contributed by atoms with E-state index in [1.54, 1.807) is 16.2 Å². The highest BCUT2D eigenvalue weighted by Crippen LogP contribution is 2.44. The van der Waals surface area contributed by atoms with Gasteiger partial charge in [0.05, 0.1) is 12.1 Å². The quantitative estimate of drug-likeness (QED) is 0.850. The molecule has 0 aromatic carbocycles. The van der Waals surface area contributed by atoms with Crippen molar-refractivity contribution in [2.24, 2.45) is 5.92 Å². The fraction of sp³-hybridized carbons (Fsp3) is 0.769. The number of urea groups is 1. The first kappa shape index (κ1) is 12.5. The Hall–Kier alpha value is -1.21. The number of nitrogens with zero attached hydrogens (tertiary/aromatic N) is 4. The second-order valence-electron chi connectivity index (χ2n) is 6.28. The molecule has 2 aliphatic heterocycles. The molecule has 1 aliphatic carbocycles. The van der Waals surface area contributed by atoms with Crippen LogP contribution in [0.25, 0.3) is 0 Å². The summed E-state index contributed by atoms with van der Waals surface area (Å²) in [5, 5.41) is 21.3. The first-order chi connectivity index (χ1) is 9.63. The van der Waals surface area contributed by atoms with Crippen LogP contribution in [0.1, 0.15) is 54.6 Å². The molecule has 4 rings (SSSR count). The number of hydrogen-bond acceptors (Lipinski definition) is 5. The van der Waals surface area contributed by atoms with Gasteiger partial charge < -0.3 is 4.90 Å². The van der Waals surface area contributed by atoms with Gasteiger partial charge >= 0.3 is 6.03 Å². The van der Waals surface area contributed by atoms with Gasteiger partial charge in [-0.3, -0.25) is 5.21 Å². The van der Waals surface area contributed by atoms with Crippen LogP contribution in [0.2, 0.25) is 0 Å². The van der Waals surface area contributed by atoms with Crippen LogP contribution in [0.4, 0.5) is 4.79 Å². The lowest BCUT2D eigenvalue weighted by Gasteiger charge is -2.30. The van der Waals surface area contributed by atoms with Gasteiger partial charge in [0.25, 0.3) is 0 Å². The number of aromatic nitrogens is 2. The van der Waals surface area contributed by atoms with E-state index in [-0.39, 0.29) is 18.1 Å². The van der Waals surface area contributed by atoms with Crippen molar-refractivity contribution in [1.29, 1.82) is 0 Å². The summed E-state index contributed by atoms with van der Waals surface area (Å²) in [4.78, 5) is 13.7. The van der Waals surface area contributed by atoms with Crippen molar-refractivity contribution in [3.63, 3.8) is 0 Å². The molecule has 6 nitrogen and oxygen atoms in total. The second-order valence-corrected chi connectivity index (χ2v) is 7.32. The van der Waals surface area contributed by atoms with E-state index in [1.807, 2.05) is 0 Å². The molecule has 3 fully saturated rings. The maximum absolute atomic E-state index is 12.0. The average Bonchev–Trinajstić information content (AvgIpc) is 2.97. The second kappa shape index (κ2) is 4.39. The monoisotopic (exact) mass is 294 g/mol. The molecule has 2 unspecified atom stereocenters. The summed E-state index contributed by atoms with van der Waals surface area (Å²) in [6.45, 7) is 2.87. The van der Waals surface area contributed by atoms with E-state index in [0.717, 1.165) is 33.8 Å². The Bertz CT molecular complexity index is 542. The summed E-state index contributed by atoms with van der Waals surface area (Å²) in [6, 6.07) is -0.329. The topological polar surface area (TPSA) is 69.6 Å². The number of rotatable bonds is 2. The van der Waals surface area contributed by atoms with Gasteiger partial charge in [0.1, 0.15) is 10.0 Å². The normalized spacial score (nSPS) is 36.4. The van der Waals surface area contributed by atoms with E-state index in [0.29, 0.717) is 12.5 Å². The third-order valence-corrected chi connectivity index (χ3v) is 6.00. The van der Waals surface area contributed by atoms with Crippen molar-refractivity contribution in [3.8, 4) is 0 Å². The van der Waals surface area contributed by atoms with Crippen molar-refractivity contribution >= 4 is 17.4 Å². The third-order valence-electron chi connectivity index (χ3n) is 4.81. The lowest BCUT2D eigenvalue weighted by molar-refractivity contribution is -0.0584. The molecule has 3 aliphatic rings. The SMILES string of the molecule is CC1CC(c2nnc(C3CCC4CN3C(=O)N4O)s2)C1. The van der Waals surface area contributed by atoms with Crippen molar-refractivity contribution in [2.75, 3.05) is 6.54 Å². The molecule has 20 heavy (non-hydrogen) atoms. The zero-order valence-electron chi connectivity index (χ0n) is 11.4. The molecule has 2 saturated heterocycles. The molecular weight excluding hydrogens is 276 g/mol. The number of carbonyl (C=O) groups is 1. The summed E-state index contributed by atoms with van der Waals surface area (Å²) in [5.74, 6) is 1.36. The van der Waals surface area contributed by atoms with Crippen molar-refractivity contribution < 1.29 is 10.0 Å². The minimum Gasteiger partial charge on any atom is -0.311 e. The minimum absolute atomic E-state index is 0.000324. The van der Waals surface area contributed by atoms with Crippen LogP contribution in [-0.2, 0) is 0 Å². The number of amides is 2. The van der Waals surface area contributed by atoms with Crippen molar-refractivity contribution in [3.05, 3.63) is 10.0 Å². The number of hydrogen-bond donors (Lipinski definition) is 1. The molecule has 0 radical (unpaired) electrons. The number of carbonyl (C=O) groups excluding carboxylic acids is 1. The molecule has 7 heteroatoms. The molecule has 2 atom stereocenters. The van der Waals surface area contributed by atoms with E-state index < -0.39 is 0 Å². The summed E-state index contributed by atoms with van der Waals surface area (Å²) in [6.07, 6.45) is 4.10. The Morgan fingerprint density at radius 3 is 2.75 bits per heavy atom. The maximum Gasteiger partial charge on any atom is 0.344 e. The zero-order valence-corrected chi connectivity index (χ0v) is 12.2. The van der Waals surface area contributed by atoms with Gasteiger partial charge in [-0.1, -0.05) is 18.3 Å². The molecule has 1 aromatic rings. The van der Waals surface area contributed by atoms with E-state index in [1.165, 1.54) is 12.8 Å². The summed E-state index contributed by atoms with van der Waals surface area (Å²) >= 11 is 1.65. The fourth-order valence-electron chi connectivity index (χ4n) is 3.56. The fourth-order valence-corrected chi connectivity index (χ4v) is 4.68. The zero-order chi connectivity index (χ0) is 13.9. The van der Waals surface area contributed by atoms with Crippen LogP contribution in [0, 0.1) is 5.92 Å². The summed E-state index contributed by atoms with van der Waals surface area (Å²) in [5.41, 5.74) is 0. The highest BCUT2D eigenvalue weighted by molar-refractivity contribution is 7.11. The summed E-state index contributed by atoms with van der Waals surface area (Å²) < 4.78 is 0. The Labute approximate surface area is 121 Å². The maximum atomic E-state index is 12.0. The van der Waals surface area contributed by atoms with Crippen LogP contribution in [-0.4, -0.2) is 44.0 Å². The van der Waals surface area contributed by atoms with E-state index >= 15 is 0 Å². The molecule has 1 N–H and O–H groups in total. The van der Waals surface area contributed by atoms with Gasteiger partial charge in [-0.15, -0.1) is 10.2 Å². The molecule has 108 valence electrons. The number of piperidine rings is 1. The molecule has 3 heterocycles. The standard InChI is InChI=1S/C13H18N4O2S/c1-7-4-8(5-7)11-14-15-12(20-11)10-3-2-9-6-16(10)13(18)17(9)19/h7-10,19H,2-6H2,1H3. The molecule has 0 spiro atoms. The highest BCUT2D eigenvalue weighted by atomic mass is 32.1. The van der Waals surface area contributed by atoms with E-state index in [4.69, 9.17) is 0 Å². The first-order valence-electron chi connectivity index (χ1n) is 7.25. The number of fused-ring (bicyclic) bond motifs is 2. The van der Waals surface area contributed by atoms with E-state index in [9.17, 15) is 10.0 Å². The Morgan fingerprint density at radius 2 is 2.00 bits per heavy atom. The van der Waals surface area contributed by atoms with Gasteiger partial charge in [-0.25, -0.2) is 9.86 Å². The predicted octanol–water partition coefficient (Wildman–Crippen LogP) is 2.38. The Morgan fingerprint density at radius 1 is 1.25 bits per heavy atom. The van der Waals surface area contributed by atoms with Crippen molar-refractivity contribution in [2.45, 2.75) is 50.6 Å². The third kappa shape index (κ3) is 1.76. The van der Waals surface area contributed by atoms with E-state index in [2.05, 4.69) is 17.1 Å². The van der Waals surface area contributed by atoms with Crippen LogP contribution >= 0.6 is 11.3 Å². The summed E-state index contributed by atoms with van der Waals surface area (Å²) in [7, 11) is 0. The Kier molecular flexibility index (Phi) is 2.75. The average molecular weight is 294 g/mol. The lowest BCUT2D eigenvalue weighted by Crippen LogP contribution is -2.33. The number of hydroxylamine groups is 2. The smallest absolute Gasteiger partial charge is 0.311 e. The van der Waals surface area contributed by atoms with Crippen LogP contribution in [0.3, 0.4) is 0 Å². The molecule has 1 saturated carbocycles. The minimum atomic E-state index is -0.286. The first-order valence-corrected chi connectivity index (χ1v) is 8.07. The van der Waals surface area contributed by atoms with Gasteiger partial charge in [0, 0.05) is 12.5 Å². The predicted molar refractivity (Wildman–Crippen MR) is 72.5 cm³/mol. The van der Waals surface area contributed by atoms with Crippen LogP contribution in [0.15, 0.2) is 0 Å². The molecule has 2 bridgehead atoms. The van der Waals surface area contributed by atoms with Gasteiger partial charge in [-0.05, 0) is 31.6 Å².